The number of aromatic nitrogens is 1. The van der Waals surface area contributed by atoms with Gasteiger partial charge in [-0.15, -0.1) is 6.10 Å². The molecule has 3 aromatic rings. The number of carboxylic acids is 1. The summed E-state index contributed by atoms with van der Waals surface area (Å²) in [7, 11) is 0. The Morgan fingerprint density at radius 1 is 1.07 bits per heavy atom. The zero-order chi connectivity index (χ0) is 30.4. The first-order chi connectivity index (χ1) is 20.1. The van der Waals surface area contributed by atoms with E-state index in [1.807, 2.05) is 54.8 Å². The van der Waals surface area contributed by atoms with Gasteiger partial charge in [-0.3, -0.25) is 9.59 Å². The Balaban J connectivity index is 0.00000506. The van der Waals surface area contributed by atoms with Crippen LogP contribution < -0.4 is 40.0 Å². The second-order valence-electron chi connectivity index (χ2n) is 10.8. The summed E-state index contributed by atoms with van der Waals surface area (Å²) < 4.78 is 16.0. The average Bonchev–Trinajstić information content (AvgIpc) is 3.29. The first kappa shape index (κ1) is 34.3. The Bertz CT molecular complexity index is 1480. The van der Waals surface area contributed by atoms with Gasteiger partial charge in [-0.1, -0.05) is 50.3 Å². The predicted molar refractivity (Wildman–Crippen MR) is 156 cm³/mol. The summed E-state index contributed by atoms with van der Waals surface area (Å²) in [6.45, 7) is 4.10. The van der Waals surface area contributed by atoms with Crippen molar-refractivity contribution in [1.29, 1.82) is 0 Å². The molecule has 10 heteroatoms. The SMILES string of the molecule is CC(C)c1c(C(=O)NC2=C(O)CCC=C2)c(-c2ccccc2)c(-c2ccc(F)cc2)n1CC[C@@H](O)C[C@@H]([O-])CC(=O)O.[Na+]. The maximum Gasteiger partial charge on any atom is 1.00 e. The summed E-state index contributed by atoms with van der Waals surface area (Å²) in [6, 6.07) is 15.3. The van der Waals surface area contributed by atoms with E-state index in [9.17, 15) is 29.3 Å². The molecular weight excluding hydrogens is 562 g/mol. The second kappa shape index (κ2) is 15.5. The number of benzene rings is 2. The molecule has 8 nitrogen and oxygen atoms in total. The van der Waals surface area contributed by atoms with Crippen LogP contribution in [-0.4, -0.2) is 44.0 Å². The number of nitrogens with zero attached hydrogens (tertiary/aromatic N) is 1. The molecule has 2 aromatic carbocycles. The molecule has 43 heavy (non-hydrogen) atoms. The van der Waals surface area contributed by atoms with Crippen LogP contribution in [0, 0.1) is 5.82 Å². The molecule has 1 amide bonds. The number of allylic oxidation sites excluding steroid dienone is 3. The molecule has 1 heterocycles. The van der Waals surface area contributed by atoms with Crippen molar-refractivity contribution in [3.05, 3.63) is 95.3 Å². The number of nitrogens with one attached hydrogen (secondary N) is 1. The van der Waals surface area contributed by atoms with E-state index in [0.717, 1.165) is 5.56 Å². The molecule has 0 aliphatic heterocycles. The quantitative estimate of drug-likeness (QED) is 0.237. The molecule has 0 fully saturated rings. The molecule has 222 valence electrons. The van der Waals surface area contributed by atoms with Crippen molar-refractivity contribution in [3.8, 4) is 22.4 Å². The molecule has 1 aliphatic rings. The van der Waals surface area contributed by atoms with E-state index < -0.39 is 36.3 Å². The number of halogens is 1. The Morgan fingerprint density at radius 3 is 2.35 bits per heavy atom. The molecule has 2 atom stereocenters. The number of carboxylic acid groups (broad SMARTS) is 1. The normalized spacial score (nSPS) is 14.4. The smallest absolute Gasteiger partial charge is 0.851 e. The van der Waals surface area contributed by atoms with Crippen molar-refractivity contribution in [2.75, 3.05) is 0 Å². The molecule has 1 aromatic heterocycles. The fraction of sp³-hybridized carbons (Fsp3) is 0.333. The summed E-state index contributed by atoms with van der Waals surface area (Å²) in [5, 5.41) is 45.1. The van der Waals surface area contributed by atoms with Crippen LogP contribution in [0.4, 0.5) is 4.39 Å². The number of aliphatic hydroxyl groups excluding tert-OH is 2. The molecule has 0 bridgehead atoms. The second-order valence-corrected chi connectivity index (χ2v) is 10.8. The van der Waals surface area contributed by atoms with Gasteiger partial charge in [0.05, 0.1) is 23.1 Å². The number of aliphatic hydroxyl groups is 2. The summed E-state index contributed by atoms with van der Waals surface area (Å²) in [6.07, 6.45) is 1.44. The fourth-order valence-corrected chi connectivity index (χ4v) is 5.42. The fourth-order valence-electron chi connectivity index (χ4n) is 5.42. The molecule has 4 rings (SSSR count). The molecule has 0 unspecified atom stereocenters. The third-order valence-corrected chi connectivity index (χ3v) is 7.27. The predicted octanol–water partition coefficient (Wildman–Crippen LogP) is 2.28. The summed E-state index contributed by atoms with van der Waals surface area (Å²) >= 11 is 0. The minimum Gasteiger partial charge on any atom is -0.851 e. The number of rotatable bonds is 12. The largest absolute Gasteiger partial charge is 1.00 e. The Labute approximate surface area is 272 Å². The zero-order valence-electron chi connectivity index (χ0n) is 24.7. The van der Waals surface area contributed by atoms with Gasteiger partial charge in [0.25, 0.3) is 5.91 Å². The van der Waals surface area contributed by atoms with Gasteiger partial charge in [0.1, 0.15) is 11.6 Å². The van der Waals surface area contributed by atoms with Gasteiger partial charge in [-0.05, 0) is 66.6 Å². The summed E-state index contributed by atoms with van der Waals surface area (Å²) in [4.78, 5) is 25.0. The third kappa shape index (κ3) is 8.46. The molecule has 0 saturated heterocycles. The van der Waals surface area contributed by atoms with Crippen LogP contribution in [0.2, 0.25) is 0 Å². The van der Waals surface area contributed by atoms with Crippen LogP contribution in [0.15, 0.2) is 78.2 Å². The molecule has 4 N–H and O–H groups in total. The number of hydrogen-bond donors (Lipinski definition) is 4. The van der Waals surface area contributed by atoms with Gasteiger partial charge in [0.15, 0.2) is 0 Å². The van der Waals surface area contributed by atoms with E-state index in [-0.39, 0.29) is 60.6 Å². The topological polar surface area (TPSA) is 135 Å². The number of amides is 1. The number of aliphatic carboxylic acids is 1. The van der Waals surface area contributed by atoms with Crippen LogP contribution in [0.5, 0.6) is 0 Å². The Kier molecular flexibility index (Phi) is 12.4. The van der Waals surface area contributed by atoms with Crippen molar-refractivity contribution in [2.45, 2.75) is 70.6 Å². The van der Waals surface area contributed by atoms with Gasteiger partial charge in [-0.2, -0.15) is 0 Å². The molecule has 0 saturated carbocycles. The van der Waals surface area contributed by atoms with E-state index >= 15 is 0 Å². The van der Waals surface area contributed by atoms with Gasteiger partial charge in [0.2, 0.25) is 0 Å². The number of hydrogen-bond acceptors (Lipinski definition) is 5. The molecule has 1 aliphatic carbocycles. The van der Waals surface area contributed by atoms with Gasteiger partial charge >= 0.3 is 35.5 Å². The van der Waals surface area contributed by atoms with Crippen molar-refractivity contribution in [2.24, 2.45) is 0 Å². The van der Waals surface area contributed by atoms with E-state index in [0.29, 0.717) is 46.6 Å². The van der Waals surface area contributed by atoms with Crippen LogP contribution in [0.25, 0.3) is 22.4 Å². The van der Waals surface area contributed by atoms with Crippen molar-refractivity contribution < 1.29 is 64.0 Å². The maximum absolute atomic E-state index is 14.1. The standard InChI is InChI=1S/C33H36FN2O6.Na/c1-20(2)31-30(33(42)35-26-10-6-7-11-27(26)39)29(21-8-4-3-5-9-21)32(22-12-14-23(34)15-13-22)36(31)17-16-24(37)18-25(38)19-28(40)41;/h3-6,8-10,12-15,20,24-25,37,39H,7,11,16-19H2,1-2H3,(H,35,42)(H,40,41);/q-1;+1/t24-,25-;/m1./s1. The van der Waals surface area contributed by atoms with Crippen molar-refractivity contribution >= 4 is 11.9 Å². The number of carbonyl (C=O) groups is 2. The first-order valence-corrected chi connectivity index (χ1v) is 14.1. The van der Waals surface area contributed by atoms with Crippen molar-refractivity contribution in [1.82, 2.24) is 9.88 Å². The Hall–Kier alpha value is -3.21. The monoisotopic (exact) mass is 598 g/mol. The number of carbonyl (C=O) groups excluding carboxylic acids is 1. The third-order valence-electron chi connectivity index (χ3n) is 7.27. The van der Waals surface area contributed by atoms with Crippen LogP contribution in [0.1, 0.15) is 67.9 Å². The Morgan fingerprint density at radius 2 is 1.74 bits per heavy atom. The van der Waals surface area contributed by atoms with Gasteiger partial charge in [0, 0.05) is 30.6 Å². The van der Waals surface area contributed by atoms with Gasteiger partial charge < -0.3 is 30.3 Å². The van der Waals surface area contributed by atoms with Crippen LogP contribution >= 0.6 is 0 Å². The zero-order valence-corrected chi connectivity index (χ0v) is 26.7. The molecule has 0 spiro atoms. The van der Waals surface area contributed by atoms with Crippen LogP contribution in [-0.2, 0) is 11.3 Å². The first-order valence-electron chi connectivity index (χ1n) is 14.1. The maximum atomic E-state index is 14.1. The van der Waals surface area contributed by atoms with E-state index in [1.54, 1.807) is 18.2 Å². The van der Waals surface area contributed by atoms with E-state index in [2.05, 4.69) is 5.32 Å². The van der Waals surface area contributed by atoms with E-state index in [1.165, 1.54) is 12.1 Å². The molecular formula is C33H36FN2NaO6. The van der Waals surface area contributed by atoms with Gasteiger partial charge in [-0.25, -0.2) is 4.39 Å². The molecule has 0 radical (unpaired) electrons. The minimum atomic E-state index is -1.45. The summed E-state index contributed by atoms with van der Waals surface area (Å²) in [5.74, 6) is -2.14. The van der Waals surface area contributed by atoms with Crippen molar-refractivity contribution in [3.63, 3.8) is 0 Å². The van der Waals surface area contributed by atoms with E-state index in [4.69, 9.17) is 5.11 Å². The van der Waals surface area contributed by atoms with Crippen LogP contribution in [0.3, 0.4) is 0 Å². The summed E-state index contributed by atoms with van der Waals surface area (Å²) in [5.41, 5.74) is 4.04. The average molecular weight is 599 g/mol. The minimum absolute atomic E-state index is 0.